The standard InChI is InChI=1S/C7H6F2.Li/c1-5-3-2-4-6(8)7(5)9;/h2-4H,1H3;. The van der Waals surface area contributed by atoms with Gasteiger partial charge in [0.1, 0.15) is 0 Å². The molecule has 0 N–H and O–H groups in total. The molecule has 0 saturated heterocycles. The first-order valence-electron chi connectivity index (χ1n) is 2.62. The molecule has 0 aliphatic carbocycles. The van der Waals surface area contributed by atoms with E-state index in [-0.39, 0.29) is 18.9 Å². The molecule has 0 heterocycles. The SMILES string of the molecule is Cc1cccc(F)c1F.[Li]. The van der Waals surface area contributed by atoms with Crippen molar-refractivity contribution in [1.29, 1.82) is 0 Å². The van der Waals surface area contributed by atoms with E-state index in [1.165, 1.54) is 19.1 Å². The Labute approximate surface area is 70.4 Å². The van der Waals surface area contributed by atoms with E-state index in [4.69, 9.17) is 0 Å². The van der Waals surface area contributed by atoms with Crippen LogP contribution in [0.3, 0.4) is 0 Å². The summed E-state index contributed by atoms with van der Waals surface area (Å²) in [5.74, 6) is -1.53. The zero-order valence-corrected chi connectivity index (χ0v) is 5.99. The Morgan fingerprint density at radius 2 is 1.80 bits per heavy atom. The van der Waals surface area contributed by atoms with Gasteiger partial charge in [0.15, 0.2) is 11.6 Å². The molecule has 0 aromatic heterocycles. The monoisotopic (exact) mass is 135 g/mol. The van der Waals surface area contributed by atoms with E-state index in [1.54, 1.807) is 0 Å². The third-order valence-corrected chi connectivity index (χ3v) is 1.14. The van der Waals surface area contributed by atoms with Crippen LogP contribution in [0.1, 0.15) is 5.56 Å². The molecule has 10 heavy (non-hydrogen) atoms. The van der Waals surface area contributed by atoms with Crippen LogP contribution < -0.4 is 0 Å². The van der Waals surface area contributed by atoms with Gasteiger partial charge in [-0.2, -0.15) is 0 Å². The third kappa shape index (κ3) is 1.83. The molecule has 0 amide bonds. The molecule has 0 aliphatic rings. The Kier molecular flexibility index (Phi) is 3.63. The summed E-state index contributed by atoms with van der Waals surface area (Å²) in [5.41, 5.74) is 0.343. The van der Waals surface area contributed by atoms with E-state index >= 15 is 0 Å². The summed E-state index contributed by atoms with van der Waals surface area (Å²) in [6, 6.07) is 4.11. The Balaban J connectivity index is 0.000000810. The maximum atomic E-state index is 12.4. The Bertz CT molecular complexity index is 203. The third-order valence-electron chi connectivity index (χ3n) is 1.14. The van der Waals surface area contributed by atoms with Crippen LogP contribution in [0, 0.1) is 18.6 Å². The average molecular weight is 135 g/mol. The number of hydrogen-bond acceptors (Lipinski definition) is 0. The van der Waals surface area contributed by atoms with Crippen molar-refractivity contribution in [3.8, 4) is 0 Å². The summed E-state index contributed by atoms with van der Waals surface area (Å²) in [6.07, 6.45) is 0. The number of aryl methyl sites for hydroxylation is 1. The smallest absolute Gasteiger partial charge is 0.161 e. The van der Waals surface area contributed by atoms with Gasteiger partial charge in [-0.25, -0.2) is 8.78 Å². The molecule has 0 saturated carbocycles. The molecule has 0 nitrogen and oxygen atoms in total. The number of benzene rings is 1. The van der Waals surface area contributed by atoms with Crippen LogP contribution in [0.4, 0.5) is 8.78 Å². The molecule has 0 spiro atoms. The van der Waals surface area contributed by atoms with E-state index in [0.29, 0.717) is 5.56 Å². The van der Waals surface area contributed by atoms with Crippen molar-refractivity contribution < 1.29 is 8.78 Å². The maximum Gasteiger partial charge on any atom is 0.161 e. The van der Waals surface area contributed by atoms with E-state index in [9.17, 15) is 8.78 Å². The van der Waals surface area contributed by atoms with Gasteiger partial charge in [-0.05, 0) is 18.6 Å². The molecule has 1 aromatic carbocycles. The van der Waals surface area contributed by atoms with E-state index in [1.807, 2.05) is 0 Å². The predicted octanol–water partition coefficient (Wildman–Crippen LogP) is 1.89. The fraction of sp³-hybridized carbons (Fsp3) is 0.143. The van der Waals surface area contributed by atoms with Crippen LogP contribution in [0.25, 0.3) is 0 Å². The summed E-state index contributed by atoms with van der Waals surface area (Å²) in [5, 5.41) is 0. The van der Waals surface area contributed by atoms with Gasteiger partial charge in [-0.3, -0.25) is 0 Å². The molecule has 0 unspecified atom stereocenters. The van der Waals surface area contributed by atoms with Crippen molar-refractivity contribution in [2.24, 2.45) is 0 Å². The van der Waals surface area contributed by atoms with Crippen LogP contribution in [0.2, 0.25) is 0 Å². The van der Waals surface area contributed by atoms with Crippen molar-refractivity contribution in [2.45, 2.75) is 6.92 Å². The Morgan fingerprint density at radius 1 is 1.20 bits per heavy atom. The summed E-state index contributed by atoms with van der Waals surface area (Å²) in [6.45, 7) is 1.53. The maximum absolute atomic E-state index is 12.4. The minimum atomic E-state index is -0.782. The number of rotatable bonds is 0. The van der Waals surface area contributed by atoms with Crippen LogP contribution in [0.15, 0.2) is 18.2 Å². The molecule has 0 fully saturated rings. The van der Waals surface area contributed by atoms with Crippen molar-refractivity contribution >= 4 is 18.9 Å². The van der Waals surface area contributed by atoms with Gasteiger partial charge in [0.25, 0.3) is 0 Å². The van der Waals surface area contributed by atoms with Gasteiger partial charge in [0, 0.05) is 18.9 Å². The van der Waals surface area contributed by atoms with Gasteiger partial charge in [0.05, 0.1) is 0 Å². The first kappa shape index (κ1) is 9.68. The molecule has 1 radical (unpaired) electrons. The van der Waals surface area contributed by atoms with Crippen molar-refractivity contribution in [3.63, 3.8) is 0 Å². The fourth-order valence-electron chi connectivity index (χ4n) is 0.612. The van der Waals surface area contributed by atoms with Crippen LogP contribution >= 0.6 is 0 Å². The van der Waals surface area contributed by atoms with Gasteiger partial charge < -0.3 is 0 Å². The van der Waals surface area contributed by atoms with Gasteiger partial charge in [0.2, 0.25) is 0 Å². The normalized spacial score (nSPS) is 8.70. The van der Waals surface area contributed by atoms with E-state index in [2.05, 4.69) is 0 Å². The first-order chi connectivity index (χ1) is 4.22. The molecule has 3 heteroatoms. The zero-order valence-electron chi connectivity index (χ0n) is 5.99. The second-order valence-corrected chi connectivity index (χ2v) is 1.87. The molecule has 0 atom stereocenters. The molecular weight excluding hydrogens is 129 g/mol. The van der Waals surface area contributed by atoms with Gasteiger partial charge >= 0.3 is 0 Å². The number of hydrogen-bond donors (Lipinski definition) is 0. The molecule has 1 rings (SSSR count). The Morgan fingerprint density at radius 3 is 2.20 bits per heavy atom. The molecule has 49 valence electrons. The van der Waals surface area contributed by atoms with E-state index in [0.717, 1.165) is 6.07 Å². The topological polar surface area (TPSA) is 0 Å². The molecule has 0 bridgehead atoms. The summed E-state index contributed by atoms with van der Waals surface area (Å²) in [7, 11) is 0. The Hall–Kier alpha value is -0.323. The predicted molar refractivity (Wildman–Crippen MR) is 36.8 cm³/mol. The number of halogens is 2. The quantitative estimate of drug-likeness (QED) is 0.476. The second-order valence-electron chi connectivity index (χ2n) is 1.87. The fourth-order valence-corrected chi connectivity index (χ4v) is 0.612. The first-order valence-corrected chi connectivity index (χ1v) is 2.62. The van der Waals surface area contributed by atoms with Crippen LogP contribution in [-0.2, 0) is 0 Å². The van der Waals surface area contributed by atoms with Crippen LogP contribution in [0.5, 0.6) is 0 Å². The summed E-state index contributed by atoms with van der Waals surface area (Å²) < 4.78 is 24.6. The van der Waals surface area contributed by atoms with Gasteiger partial charge in [-0.1, -0.05) is 12.1 Å². The van der Waals surface area contributed by atoms with Crippen LogP contribution in [-0.4, -0.2) is 18.9 Å². The second kappa shape index (κ2) is 3.75. The summed E-state index contributed by atoms with van der Waals surface area (Å²) >= 11 is 0. The van der Waals surface area contributed by atoms with E-state index < -0.39 is 11.6 Å². The average Bonchev–Trinajstić information content (AvgIpc) is 1.83. The van der Waals surface area contributed by atoms with Crippen molar-refractivity contribution in [3.05, 3.63) is 35.4 Å². The largest absolute Gasteiger partial charge is 0.204 e. The van der Waals surface area contributed by atoms with Gasteiger partial charge in [-0.15, -0.1) is 0 Å². The molecule has 1 aromatic rings. The van der Waals surface area contributed by atoms with Crippen molar-refractivity contribution in [2.75, 3.05) is 0 Å². The molecular formula is C7H6F2Li. The zero-order chi connectivity index (χ0) is 6.85. The minimum absolute atomic E-state index is 0. The molecule has 0 aliphatic heterocycles. The van der Waals surface area contributed by atoms with Crippen molar-refractivity contribution in [1.82, 2.24) is 0 Å². The minimum Gasteiger partial charge on any atom is -0.204 e. The summed E-state index contributed by atoms with van der Waals surface area (Å²) in [4.78, 5) is 0.